The third-order valence-electron chi connectivity index (χ3n) is 3.02. The van der Waals surface area contributed by atoms with Crippen LogP contribution in [0.1, 0.15) is 12.6 Å². The topological polar surface area (TPSA) is 177 Å². The van der Waals surface area contributed by atoms with E-state index in [4.69, 9.17) is 9.63 Å². The minimum Gasteiger partial charge on any atom is -0.390 e. The molecule has 0 aliphatic carbocycles. The van der Waals surface area contributed by atoms with Crippen LogP contribution in [0.3, 0.4) is 0 Å². The molecule has 2 heterocycles. The molecule has 0 amide bonds. The first-order valence-electron chi connectivity index (χ1n) is 6.61. The molecule has 5 unspecified atom stereocenters. The largest absolute Gasteiger partial charge is 0.479 e. The number of hydrogen-bond acceptors (Lipinski definition) is 8. The smallest absolute Gasteiger partial charge is 0.390 e. The molecule has 1 aliphatic heterocycles. The molecule has 24 heavy (non-hydrogen) atoms. The van der Waals surface area contributed by atoms with Crippen molar-refractivity contribution in [3.8, 4) is 0 Å². The molecule has 14 heteroatoms. The van der Waals surface area contributed by atoms with Crippen LogP contribution in [-0.4, -0.2) is 49.9 Å². The fraction of sp³-hybridized carbons (Fsp3) is 0.600. The van der Waals surface area contributed by atoms with Crippen molar-refractivity contribution in [1.82, 2.24) is 9.55 Å². The van der Waals surface area contributed by atoms with E-state index in [0.717, 1.165) is 10.6 Å². The van der Waals surface area contributed by atoms with Crippen molar-refractivity contribution in [2.24, 2.45) is 0 Å². The third kappa shape index (κ3) is 5.20. The predicted octanol–water partition coefficient (Wildman–Crippen LogP) is -0.866. The number of hydrogen-bond donors (Lipinski definition) is 4. The van der Waals surface area contributed by atoms with Crippen LogP contribution in [-0.2, 0) is 22.7 Å². The van der Waals surface area contributed by atoms with Crippen LogP contribution >= 0.6 is 15.4 Å². The van der Waals surface area contributed by atoms with Gasteiger partial charge in [0.1, 0.15) is 12.3 Å². The Kier molecular flexibility index (Phi) is 5.63. The molecule has 2 rings (SSSR count). The Morgan fingerprint density at radius 1 is 1.42 bits per heavy atom. The molecular weight excluding hydrogens is 370 g/mol. The first-order valence-corrected chi connectivity index (χ1v) is 10.1. The number of aromatic nitrogens is 2. The van der Waals surface area contributed by atoms with Crippen molar-refractivity contribution in [2.45, 2.75) is 24.9 Å². The summed E-state index contributed by atoms with van der Waals surface area (Å²) in [5.74, 6) is 0. The first-order chi connectivity index (χ1) is 11.0. The SMILES string of the molecule is CP(=O)(O)OP(=O)(O)OCC1OC(n2ccc(=O)[nH]c2=O)CC1O. The van der Waals surface area contributed by atoms with E-state index in [1.54, 1.807) is 0 Å². The molecular formula is C10H16N2O10P2. The second-order valence-corrected chi connectivity index (χ2v) is 8.55. The van der Waals surface area contributed by atoms with Crippen molar-refractivity contribution < 1.29 is 37.6 Å². The summed E-state index contributed by atoms with van der Waals surface area (Å²) < 4.78 is 37.4. The normalized spacial score (nSPS) is 29.1. The lowest BCUT2D eigenvalue weighted by Crippen LogP contribution is -2.31. The van der Waals surface area contributed by atoms with Crippen molar-refractivity contribution in [3.63, 3.8) is 0 Å². The summed E-state index contributed by atoms with van der Waals surface area (Å²) in [4.78, 5) is 42.9. The van der Waals surface area contributed by atoms with Crippen molar-refractivity contribution >= 4 is 15.4 Å². The van der Waals surface area contributed by atoms with Gasteiger partial charge >= 0.3 is 21.1 Å². The number of ether oxygens (including phenoxy) is 1. The lowest BCUT2D eigenvalue weighted by Gasteiger charge is -2.18. The number of rotatable bonds is 6. The monoisotopic (exact) mass is 386 g/mol. The molecule has 0 radical (unpaired) electrons. The van der Waals surface area contributed by atoms with Gasteiger partial charge in [0.15, 0.2) is 0 Å². The zero-order chi connectivity index (χ0) is 18.1. The summed E-state index contributed by atoms with van der Waals surface area (Å²) in [5.41, 5.74) is -1.34. The highest BCUT2D eigenvalue weighted by Gasteiger charge is 2.38. The van der Waals surface area contributed by atoms with Crippen LogP contribution < -0.4 is 11.2 Å². The molecule has 1 aliphatic rings. The Morgan fingerprint density at radius 3 is 2.67 bits per heavy atom. The van der Waals surface area contributed by atoms with Crippen LogP contribution in [0.25, 0.3) is 0 Å². The predicted molar refractivity (Wildman–Crippen MR) is 78.5 cm³/mol. The van der Waals surface area contributed by atoms with E-state index in [2.05, 4.69) is 8.83 Å². The highest BCUT2D eigenvalue weighted by molar-refractivity contribution is 7.63. The summed E-state index contributed by atoms with van der Waals surface area (Å²) in [7, 11) is -9.08. The van der Waals surface area contributed by atoms with Crippen molar-refractivity contribution in [3.05, 3.63) is 33.1 Å². The van der Waals surface area contributed by atoms with Crippen molar-refractivity contribution in [2.75, 3.05) is 13.3 Å². The highest BCUT2D eigenvalue weighted by atomic mass is 31.3. The van der Waals surface area contributed by atoms with E-state index in [0.29, 0.717) is 6.66 Å². The summed E-state index contributed by atoms with van der Waals surface area (Å²) in [6.07, 6.45) is -2.01. The Labute approximate surface area is 134 Å². The fourth-order valence-corrected chi connectivity index (χ4v) is 4.13. The lowest BCUT2D eigenvalue weighted by atomic mass is 10.2. The molecule has 1 saturated heterocycles. The van der Waals surface area contributed by atoms with E-state index >= 15 is 0 Å². The molecule has 0 aromatic carbocycles. The quantitative estimate of drug-likeness (QED) is 0.449. The van der Waals surface area contributed by atoms with Gasteiger partial charge in [0, 0.05) is 25.3 Å². The summed E-state index contributed by atoms with van der Waals surface area (Å²) in [6, 6.07) is 1.09. The van der Waals surface area contributed by atoms with Gasteiger partial charge in [0.25, 0.3) is 5.56 Å². The zero-order valence-electron chi connectivity index (χ0n) is 12.3. The Bertz CT molecular complexity index is 797. The van der Waals surface area contributed by atoms with E-state index < -0.39 is 51.7 Å². The van der Waals surface area contributed by atoms with E-state index in [1.807, 2.05) is 4.98 Å². The number of aliphatic hydroxyl groups is 1. The molecule has 12 nitrogen and oxygen atoms in total. The minimum atomic E-state index is -4.82. The van der Waals surface area contributed by atoms with Gasteiger partial charge in [-0.3, -0.25) is 23.4 Å². The average molecular weight is 386 g/mol. The van der Waals surface area contributed by atoms with Crippen LogP contribution in [0.15, 0.2) is 21.9 Å². The Morgan fingerprint density at radius 2 is 2.08 bits per heavy atom. The lowest BCUT2D eigenvalue weighted by molar-refractivity contribution is -0.0447. The number of aliphatic hydroxyl groups excluding tert-OH is 1. The molecule has 0 bridgehead atoms. The number of nitrogens with zero attached hydrogens (tertiary/aromatic N) is 1. The second kappa shape index (κ2) is 7.03. The average Bonchev–Trinajstić information content (AvgIpc) is 2.75. The maximum absolute atomic E-state index is 11.7. The molecule has 0 spiro atoms. The second-order valence-electron chi connectivity index (χ2n) is 5.10. The van der Waals surface area contributed by atoms with Crippen LogP contribution in [0.2, 0.25) is 0 Å². The molecule has 136 valence electrons. The Balaban J connectivity index is 2.01. The van der Waals surface area contributed by atoms with Gasteiger partial charge < -0.3 is 19.6 Å². The zero-order valence-corrected chi connectivity index (χ0v) is 14.1. The van der Waals surface area contributed by atoms with Gasteiger partial charge in [-0.25, -0.2) is 13.7 Å². The molecule has 0 saturated carbocycles. The minimum absolute atomic E-state index is 0.0389. The van der Waals surface area contributed by atoms with Gasteiger partial charge in [0.2, 0.25) is 0 Å². The summed E-state index contributed by atoms with van der Waals surface area (Å²) in [5, 5.41) is 9.89. The molecule has 1 aromatic heterocycles. The summed E-state index contributed by atoms with van der Waals surface area (Å²) >= 11 is 0. The van der Waals surface area contributed by atoms with E-state index in [9.17, 15) is 28.7 Å². The number of phosphoric acid groups is 1. The molecule has 4 N–H and O–H groups in total. The molecule has 5 atom stereocenters. The maximum Gasteiger partial charge on any atom is 0.479 e. The van der Waals surface area contributed by atoms with Crippen LogP contribution in [0.5, 0.6) is 0 Å². The summed E-state index contributed by atoms with van der Waals surface area (Å²) in [6.45, 7) is 0.0856. The standard InChI is InChI=1S/C10H16N2O10P2/c1-23(16,17)22-24(18,19)20-5-7-6(13)4-9(21-7)12-3-2-8(14)11-10(12)15/h2-3,6-7,9,13H,4-5H2,1H3,(H,16,17)(H,18,19)(H,11,14,15). The van der Waals surface area contributed by atoms with Gasteiger partial charge in [-0.2, -0.15) is 0 Å². The van der Waals surface area contributed by atoms with E-state index in [1.165, 1.54) is 6.20 Å². The van der Waals surface area contributed by atoms with Crippen molar-refractivity contribution in [1.29, 1.82) is 0 Å². The maximum atomic E-state index is 11.7. The highest BCUT2D eigenvalue weighted by Crippen LogP contribution is 2.58. The van der Waals surface area contributed by atoms with E-state index in [-0.39, 0.29) is 6.42 Å². The number of H-pyrrole nitrogens is 1. The number of phosphoric ester groups is 1. The number of aromatic amines is 1. The van der Waals surface area contributed by atoms with Crippen LogP contribution in [0.4, 0.5) is 0 Å². The fourth-order valence-electron chi connectivity index (χ4n) is 2.07. The molecule has 1 fully saturated rings. The number of nitrogens with one attached hydrogen (secondary N) is 1. The van der Waals surface area contributed by atoms with Gasteiger partial charge in [-0.1, -0.05) is 0 Å². The van der Waals surface area contributed by atoms with Crippen LogP contribution in [0, 0.1) is 0 Å². The van der Waals surface area contributed by atoms with Gasteiger partial charge in [-0.15, -0.1) is 0 Å². The first kappa shape index (κ1) is 19.2. The molecule has 1 aromatic rings. The third-order valence-corrected chi connectivity index (χ3v) is 5.53. The Hall–Kier alpha value is -1.10. The van der Waals surface area contributed by atoms with Gasteiger partial charge in [0.05, 0.1) is 12.7 Å². The van der Waals surface area contributed by atoms with Gasteiger partial charge in [-0.05, 0) is 0 Å².